The molecule has 1 aliphatic carbocycles. The molecular weight excluding hydrogens is 703 g/mol. The van der Waals surface area contributed by atoms with Crippen LogP contribution in [0.5, 0.6) is 0 Å². The summed E-state index contributed by atoms with van der Waals surface area (Å²) in [6.07, 6.45) is 4.54. The number of urea groups is 1. The van der Waals surface area contributed by atoms with Gasteiger partial charge in [0.15, 0.2) is 0 Å². The van der Waals surface area contributed by atoms with Crippen LogP contribution in [0.3, 0.4) is 0 Å². The van der Waals surface area contributed by atoms with Gasteiger partial charge >= 0.3 is 6.03 Å². The standard InChI is InChI=1S/C37H53N7O6S2/c1-5-25(2)34(42-37(47)43(4)22-30-24-51-36(40-30)26(3)38)35(46)41-32(19-27-11-7-6-8-12-27)33(45)23-44(21-29-13-9-10-14-29)52(49,50)31-17-15-28(16-18-31)20-39-48/h6-8,11-12,15-18,20,24-26,29,32-34,45,48H,5,9-10,13-14,19,21-23,38H2,1-4H3,(H,41,46)(H,42,47)/t25-,26-,32-,33-,34-/m0/s1. The summed E-state index contributed by atoms with van der Waals surface area (Å²) in [6, 6.07) is 12.9. The number of aliphatic hydroxyl groups is 1. The summed E-state index contributed by atoms with van der Waals surface area (Å²) in [4.78, 5) is 33.5. The van der Waals surface area contributed by atoms with E-state index in [2.05, 4.69) is 20.8 Å². The number of nitrogens with two attached hydrogens (primary N) is 1. The van der Waals surface area contributed by atoms with E-state index in [1.54, 1.807) is 19.2 Å². The van der Waals surface area contributed by atoms with Crippen molar-refractivity contribution in [3.8, 4) is 0 Å². The zero-order valence-corrected chi connectivity index (χ0v) is 32.0. The number of carbonyl (C=O) groups is 2. The van der Waals surface area contributed by atoms with E-state index in [1.165, 1.54) is 38.9 Å². The van der Waals surface area contributed by atoms with Gasteiger partial charge in [0.2, 0.25) is 15.9 Å². The first-order valence-corrected chi connectivity index (χ1v) is 20.2. The summed E-state index contributed by atoms with van der Waals surface area (Å²) in [5.41, 5.74) is 8.02. The first-order valence-electron chi connectivity index (χ1n) is 17.8. The summed E-state index contributed by atoms with van der Waals surface area (Å²) in [5.74, 6) is -0.592. The summed E-state index contributed by atoms with van der Waals surface area (Å²) in [7, 11) is -2.43. The Kier molecular flexibility index (Phi) is 15.1. The van der Waals surface area contributed by atoms with Gasteiger partial charge in [0.05, 0.1) is 41.5 Å². The maximum atomic E-state index is 14.1. The largest absolute Gasteiger partial charge is 0.411 e. The molecule has 0 radical (unpaired) electrons. The highest BCUT2D eigenvalue weighted by molar-refractivity contribution is 7.89. The molecule has 52 heavy (non-hydrogen) atoms. The van der Waals surface area contributed by atoms with Gasteiger partial charge in [-0.1, -0.05) is 80.7 Å². The Hall–Kier alpha value is -3.89. The van der Waals surface area contributed by atoms with Gasteiger partial charge in [0, 0.05) is 25.5 Å². The average Bonchev–Trinajstić information content (AvgIpc) is 3.83. The van der Waals surface area contributed by atoms with Crippen molar-refractivity contribution in [1.82, 2.24) is 24.8 Å². The van der Waals surface area contributed by atoms with Crippen LogP contribution in [0, 0.1) is 11.8 Å². The van der Waals surface area contributed by atoms with E-state index >= 15 is 0 Å². The minimum Gasteiger partial charge on any atom is -0.411 e. The Balaban J connectivity index is 1.56. The monoisotopic (exact) mass is 755 g/mol. The smallest absolute Gasteiger partial charge is 0.318 e. The molecule has 284 valence electrons. The van der Waals surface area contributed by atoms with Crippen LogP contribution < -0.4 is 16.4 Å². The second-order valence-corrected chi connectivity index (χ2v) is 16.6. The second-order valence-electron chi connectivity index (χ2n) is 13.8. The van der Waals surface area contributed by atoms with Crippen LogP contribution in [-0.4, -0.2) is 89.4 Å². The third kappa shape index (κ3) is 11.3. The molecule has 5 atom stereocenters. The first kappa shape index (κ1) is 40.9. The predicted molar refractivity (Wildman–Crippen MR) is 203 cm³/mol. The maximum Gasteiger partial charge on any atom is 0.318 e. The van der Waals surface area contributed by atoms with Crippen LogP contribution in [0.15, 0.2) is 70.0 Å². The maximum absolute atomic E-state index is 14.1. The molecule has 1 aromatic heterocycles. The predicted octanol–water partition coefficient (Wildman–Crippen LogP) is 4.50. The number of aromatic nitrogens is 1. The summed E-state index contributed by atoms with van der Waals surface area (Å²) >= 11 is 1.43. The number of sulfonamides is 1. The van der Waals surface area contributed by atoms with Gasteiger partial charge in [-0.05, 0) is 61.3 Å². The lowest BCUT2D eigenvalue weighted by atomic mass is 9.96. The van der Waals surface area contributed by atoms with Gasteiger partial charge in [-0.2, -0.15) is 4.31 Å². The van der Waals surface area contributed by atoms with E-state index in [0.717, 1.165) is 36.3 Å². The number of amides is 3. The van der Waals surface area contributed by atoms with Crippen LogP contribution in [0.25, 0.3) is 0 Å². The van der Waals surface area contributed by atoms with E-state index in [0.29, 0.717) is 17.7 Å². The molecule has 1 aliphatic rings. The van der Waals surface area contributed by atoms with Crippen LogP contribution in [0.2, 0.25) is 0 Å². The van der Waals surface area contributed by atoms with Crippen molar-refractivity contribution in [3.05, 3.63) is 81.8 Å². The number of nitrogens with one attached hydrogen (secondary N) is 2. The van der Waals surface area contributed by atoms with Gasteiger partial charge in [-0.3, -0.25) is 4.79 Å². The Labute approximate surface area is 311 Å². The second kappa shape index (κ2) is 19.3. The molecule has 1 heterocycles. The molecule has 3 aromatic rings. The minimum absolute atomic E-state index is 0.0477. The molecule has 0 bridgehead atoms. The van der Waals surface area contributed by atoms with Crippen LogP contribution in [0.1, 0.15) is 80.7 Å². The van der Waals surface area contributed by atoms with Crippen LogP contribution >= 0.6 is 11.3 Å². The SMILES string of the molecule is CC[C@H](C)[C@H](NC(=O)N(C)Cc1csc([C@H](C)N)n1)C(=O)N[C@@H](Cc1ccccc1)[C@@H](O)CN(CC1CCCC1)S(=O)(=O)c1ccc(C=NO)cc1. The number of oxime groups is 1. The highest BCUT2D eigenvalue weighted by Crippen LogP contribution is 2.28. The number of hydrogen-bond donors (Lipinski definition) is 5. The van der Waals surface area contributed by atoms with Gasteiger partial charge in [-0.25, -0.2) is 18.2 Å². The van der Waals surface area contributed by atoms with Gasteiger partial charge in [0.25, 0.3) is 0 Å². The van der Waals surface area contributed by atoms with E-state index < -0.39 is 40.1 Å². The van der Waals surface area contributed by atoms with Crippen LogP contribution in [0.4, 0.5) is 4.79 Å². The van der Waals surface area contributed by atoms with Crippen molar-refractivity contribution >= 4 is 39.5 Å². The van der Waals surface area contributed by atoms with Crippen molar-refractivity contribution in [2.75, 3.05) is 20.1 Å². The molecule has 0 spiro atoms. The number of nitrogens with zero attached hydrogens (tertiary/aromatic N) is 4. The first-order chi connectivity index (χ1) is 24.8. The molecule has 1 fully saturated rings. The Bertz CT molecular complexity index is 1710. The summed E-state index contributed by atoms with van der Waals surface area (Å²) in [5, 5.41) is 32.3. The molecule has 0 aliphatic heterocycles. The zero-order chi connectivity index (χ0) is 37.8. The highest BCUT2D eigenvalue weighted by Gasteiger charge is 2.35. The third-order valence-electron chi connectivity index (χ3n) is 9.62. The normalized spacial score (nSPS) is 16.8. The Morgan fingerprint density at radius 3 is 2.37 bits per heavy atom. The number of thiazole rings is 1. The molecule has 15 heteroatoms. The van der Waals surface area contributed by atoms with E-state index in [1.807, 2.05) is 56.5 Å². The third-order valence-corrected chi connectivity index (χ3v) is 12.6. The van der Waals surface area contributed by atoms with Gasteiger partial charge in [0.1, 0.15) is 11.0 Å². The van der Waals surface area contributed by atoms with E-state index in [-0.39, 0.29) is 48.8 Å². The topological polar surface area (TPSA) is 191 Å². The van der Waals surface area contributed by atoms with Crippen molar-refractivity contribution in [2.24, 2.45) is 22.7 Å². The van der Waals surface area contributed by atoms with E-state index in [9.17, 15) is 23.1 Å². The molecule has 13 nitrogen and oxygen atoms in total. The zero-order valence-electron chi connectivity index (χ0n) is 30.4. The molecule has 6 N–H and O–H groups in total. The van der Waals surface area contributed by atoms with Crippen molar-refractivity contribution in [1.29, 1.82) is 0 Å². The number of rotatable bonds is 18. The van der Waals surface area contributed by atoms with Gasteiger partial charge in [-0.15, -0.1) is 11.3 Å². The lowest BCUT2D eigenvalue weighted by Crippen LogP contribution is -2.58. The van der Waals surface area contributed by atoms with Crippen molar-refractivity contribution < 1.29 is 28.3 Å². The Morgan fingerprint density at radius 1 is 1.10 bits per heavy atom. The molecule has 3 amide bonds. The minimum atomic E-state index is -4.06. The summed E-state index contributed by atoms with van der Waals surface area (Å²) in [6.45, 7) is 5.84. The molecule has 0 saturated heterocycles. The number of carbonyl (C=O) groups excluding carboxylic acids is 2. The van der Waals surface area contributed by atoms with Gasteiger partial charge < -0.3 is 31.6 Å². The van der Waals surface area contributed by atoms with E-state index in [4.69, 9.17) is 10.9 Å². The lowest BCUT2D eigenvalue weighted by Gasteiger charge is -2.33. The molecule has 2 aromatic carbocycles. The summed E-state index contributed by atoms with van der Waals surface area (Å²) < 4.78 is 29.5. The molecule has 1 saturated carbocycles. The number of benzene rings is 2. The molecular formula is C37H53N7O6S2. The number of aliphatic hydroxyl groups excluding tert-OH is 1. The lowest BCUT2D eigenvalue weighted by molar-refractivity contribution is -0.125. The quantitative estimate of drug-likeness (QED) is 0.0713. The highest BCUT2D eigenvalue weighted by atomic mass is 32.2. The number of hydrogen-bond acceptors (Lipinski definition) is 10. The average molecular weight is 756 g/mol. The fourth-order valence-electron chi connectivity index (χ4n) is 6.32. The van der Waals surface area contributed by atoms with Crippen LogP contribution in [-0.2, 0) is 27.8 Å². The van der Waals surface area contributed by atoms with Crippen molar-refractivity contribution in [3.63, 3.8) is 0 Å². The fourth-order valence-corrected chi connectivity index (χ4v) is 8.62. The fraction of sp³-hybridized carbons (Fsp3) is 0.514. The Morgan fingerprint density at radius 2 is 1.77 bits per heavy atom. The van der Waals surface area contributed by atoms with Crippen molar-refractivity contribution in [2.45, 2.75) is 95.0 Å². The molecule has 0 unspecified atom stereocenters. The molecule has 4 rings (SSSR count).